The van der Waals surface area contributed by atoms with Gasteiger partial charge in [0.15, 0.2) is 0 Å². The van der Waals surface area contributed by atoms with Crippen LogP contribution in [0.2, 0.25) is 0 Å². The Balaban J connectivity index is 2.17. The van der Waals surface area contributed by atoms with Crippen LogP contribution in [0.3, 0.4) is 0 Å². The van der Waals surface area contributed by atoms with Crippen LogP contribution in [0.1, 0.15) is 18.4 Å². The van der Waals surface area contributed by atoms with E-state index in [1.165, 1.54) is 0 Å². The molecule has 0 saturated carbocycles. The van der Waals surface area contributed by atoms with Crippen molar-refractivity contribution < 1.29 is 22.7 Å². The molecule has 0 aliphatic carbocycles. The van der Waals surface area contributed by atoms with Gasteiger partial charge >= 0.3 is 0 Å². The van der Waals surface area contributed by atoms with E-state index in [2.05, 4.69) is 4.72 Å². The number of aliphatic hydroxyl groups is 1. The molecule has 0 spiro atoms. The zero-order valence-corrected chi connectivity index (χ0v) is 12.5. The molecule has 0 aromatic heterocycles. The topological polar surface area (TPSA) is 102 Å². The van der Waals surface area contributed by atoms with Gasteiger partial charge in [0.05, 0.1) is 5.60 Å². The van der Waals surface area contributed by atoms with Gasteiger partial charge in [-0.1, -0.05) is 0 Å². The lowest BCUT2D eigenvalue weighted by molar-refractivity contribution is -0.0588. The van der Waals surface area contributed by atoms with E-state index in [0.717, 1.165) is 12.1 Å². The van der Waals surface area contributed by atoms with Gasteiger partial charge in [-0.25, -0.2) is 17.5 Å². The fraction of sp³-hybridized carbons (Fsp3) is 0.538. The molecule has 2 rings (SSSR count). The summed E-state index contributed by atoms with van der Waals surface area (Å²) in [5.41, 5.74) is 5.12. The van der Waals surface area contributed by atoms with Gasteiger partial charge in [-0.05, 0) is 24.6 Å². The van der Waals surface area contributed by atoms with Crippen LogP contribution in [0, 0.1) is 12.7 Å². The molecule has 1 aliphatic heterocycles. The molecule has 0 bridgehead atoms. The molecule has 1 saturated heterocycles. The molecular formula is C13H19FN2O4S. The molecule has 21 heavy (non-hydrogen) atoms. The number of nitrogens with two attached hydrogens (primary N) is 1. The van der Waals surface area contributed by atoms with Crippen LogP contribution >= 0.6 is 0 Å². The van der Waals surface area contributed by atoms with Crippen LogP contribution in [0.4, 0.5) is 10.1 Å². The first kappa shape index (κ1) is 16.2. The summed E-state index contributed by atoms with van der Waals surface area (Å²) in [5.74, 6) is -0.867. The number of anilines is 1. The quantitative estimate of drug-likeness (QED) is 0.703. The first-order chi connectivity index (χ1) is 9.73. The van der Waals surface area contributed by atoms with E-state index in [9.17, 15) is 17.9 Å². The lowest BCUT2D eigenvalue weighted by Gasteiger charge is -2.32. The zero-order valence-electron chi connectivity index (χ0n) is 11.7. The minimum atomic E-state index is -4.07. The van der Waals surface area contributed by atoms with E-state index in [1.54, 1.807) is 6.92 Å². The number of aryl methyl sites for hydroxylation is 1. The molecule has 0 unspecified atom stereocenters. The van der Waals surface area contributed by atoms with Crippen LogP contribution in [-0.4, -0.2) is 38.9 Å². The number of rotatable bonds is 4. The Hall–Kier alpha value is -1.22. The fourth-order valence-electron chi connectivity index (χ4n) is 2.11. The summed E-state index contributed by atoms with van der Waals surface area (Å²) in [5, 5.41) is 10.2. The lowest BCUT2D eigenvalue weighted by atomic mass is 9.95. The van der Waals surface area contributed by atoms with Crippen molar-refractivity contribution in [2.24, 2.45) is 0 Å². The normalized spacial score (nSPS) is 18.6. The van der Waals surface area contributed by atoms with E-state index in [1.807, 2.05) is 0 Å². The number of nitrogens with one attached hydrogen (secondary N) is 1. The van der Waals surface area contributed by atoms with Crippen molar-refractivity contribution in [1.82, 2.24) is 4.72 Å². The minimum Gasteiger partial charge on any atom is -0.398 e. The van der Waals surface area contributed by atoms with E-state index >= 15 is 0 Å². The van der Waals surface area contributed by atoms with Gasteiger partial charge in [0, 0.05) is 38.3 Å². The second-order valence-electron chi connectivity index (χ2n) is 5.30. The summed E-state index contributed by atoms with van der Waals surface area (Å²) in [4.78, 5) is -0.513. The minimum absolute atomic E-state index is 0.189. The SMILES string of the molecule is Cc1cc(F)c(S(=O)(=O)NCC2(O)CCOCC2)cc1N. The average molecular weight is 318 g/mol. The molecular weight excluding hydrogens is 299 g/mol. The van der Waals surface area contributed by atoms with Crippen molar-refractivity contribution in [3.63, 3.8) is 0 Å². The highest BCUT2D eigenvalue weighted by molar-refractivity contribution is 7.89. The first-order valence-electron chi connectivity index (χ1n) is 6.59. The van der Waals surface area contributed by atoms with E-state index in [-0.39, 0.29) is 12.2 Å². The van der Waals surface area contributed by atoms with Gasteiger partial charge in [0.25, 0.3) is 0 Å². The number of hydrogen-bond donors (Lipinski definition) is 3. The molecule has 1 aromatic carbocycles. The molecule has 0 amide bonds. The number of nitrogen functional groups attached to an aromatic ring is 1. The summed E-state index contributed by atoms with van der Waals surface area (Å²) in [7, 11) is -4.07. The first-order valence-corrected chi connectivity index (χ1v) is 8.07. The number of ether oxygens (including phenoxy) is 1. The Morgan fingerprint density at radius 3 is 2.67 bits per heavy atom. The van der Waals surface area contributed by atoms with Crippen LogP contribution in [-0.2, 0) is 14.8 Å². The molecule has 4 N–H and O–H groups in total. The van der Waals surface area contributed by atoms with Crippen LogP contribution in [0.5, 0.6) is 0 Å². The average Bonchev–Trinajstić information content (AvgIpc) is 2.42. The van der Waals surface area contributed by atoms with Gasteiger partial charge in [-0.15, -0.1) is 0 Å². The number of halogens is 1. The van der Waals surface area contributed by atoms with Crippen molar-refractivity contribution in [3.05, 3.63) is 23.5 Å². The van der Waals surface area contributed by atoms with Crippen molar-refractivity contribution in [2.45, 2.75) is 30.3 Å². The molecule has 1 fully saturated rings. The largest absolute Gasteiger partial charge is 0.398 e. The van der Waals surface area contributed by atoms with Gasteiger partial charge in [-0.3, -0.25) is 0 Å². The van der Waals surface area contributed by atoms with Crippen LogP contribution in [0.25, 0.3) is 0 Å². The highest BCUT2D eigenvalue weighted by atomic mass is 32.2. The monoisotopic (exact) mass is 318 g/mol. The maximum absolute atomic E-state index is 13.8. The Kier molecular flexibility index (Phi) is 4.52. The molecule has 1 heterocycles. The Morgan fingerprint density at radius 1 is 1.43 bits per heavy atom. The summed E-state index contributed by atoms with van der Waals surface area (Å²) < 4.78 is 45.5. The smallest absolute Gasteiger partial charge is 0.243 e. The van der Waals surface area contributed by atoms with Crippen LogP contribution < -0.4 is 10.5 Å². The predicted octanol–water partition coefficient (Wildman–Crippen LogP) is 0.536. The molecule has 0 atom stereocenters. The standard InChI is InChI=1S/C13H19FN2O4S/c1-9-6-10(14)12(7-11(9)15)21(18,19)16-8-13(17)2-4-20-5-3-13/h6-7,16-17H,2-5,8,15H2,1H3. The Labute approximate surface area is 123 Å². The predicted molar refractivity (Wildman–Crippen MR) is 75.7 cm³/mol. The third-order valence-electron chi connectivity index (χ3n) is 3.62. The fourth-order valence-corrected chi connectivity index (χ4v) is 3.32. The molecule has 118 valence electrons. The third-order valence-corrected chi connectivity index (χ3v) is 5.04. The van der Waals surface area contributed by atoms with Crippen LogP contribution in [0.15, 0.2) is 17.0 Å². The number of benzene rings is 1. The maximum atomic E-state index is 13.8. The Bertz CT molecular complexity index is 627. The zero-order chi connectivity index (χ0) is 15.7. The number of sulfonamides is 1. The highest BCUT2D eigenvalue weighted by Crippen LogP contribution is 2.23. The number of hydrogen-bond acceptors (Lipinski definition) is 5. The summed E-state index contributed by atoms with van der Waals surface area (Å²) in [6.07, 6.45) is 0.655. The summed E-state index contributed by atoms with van der Waals surface area (Å²) in [6, 6.07) is 2.16. The Morgan fingerprint density at radius 2 is 2.05 bits per heavy atom. The second-order valence-corrected chi connectivity index (χ2v) is 7.04. The summed E-state index contributed by atoms with van der Waals surface area (Å²) >= 11 is 0. The molecule has 8 heteroatoms. The molecule has 1 aliphatic rings. The molecule has 6 nitrogen and oxygen atoms in total. The van der Waals surface area contributed by atoms with Crippen molar-refractivity contribution >= 4 is 15.7 Å². The molecule has 0 radical (unpaired) electrons. The molecule has 1 aromatic rings. The van der Waals surface area contributed by atoms with Gasteiger partial charge in [0.1, 0.15) is 10.7 Å². The van der Waals surface area contributed by atoms with E-state index < -0.39 is 26.3 Å². The van der Waals surface area contributed by atoms with E-state index in [0.29, 0.717) is 31.6 Å². The maximum Gasteiger partial charge on any atom is 0.243 e. The summed E-state index contributed by atoms with van der Waals surface area (Å²) in [6.45, 7) is 2.13. The van der Waals surface area contributed by atoms with Crippen molar-refractivity contribution in [3.8, 4) is 0 Å². The highest BCUT2D eigenvalue weighted by Gasteiger charge is 2.32. The van der Waals surface area contributed by atoms with Crippen molar-refractivity contribution in [1.29, 1.82) is 0 Å². The van der Waals surface area contributed by atoms with Gasteiger partial charge in [0.2, 0.25) is 10.0 Å². The van der Waals surface area contributed by atoms with Gasteiger partial charge in [-0.2, -0.15) is 0 Å². The van der Waals surface area contributed by atoms with E-state index in [4.69, 9.17) is 10.5 Å². The lowest BCUT2D eigenvalue weighted by Crippen LogP contribution is -2.46. The second kappa shape index (κ2) is 5.88. The van der Waals surface area contributed by atoms with Crippen molar-refractivity contribution in [2.75, 3.05) is 25.5 Å². The van der Waals surface area contributed by atoms with Gasteiger partial charge < -0.3 is 15.6 Å². The third kappa shape index (κ3) is 3.70.